The van der Waals surface area contributed by atoms with Crippen LogP contribution in [0.2, 0.25) is 0 Å². The molecule has 0 saturated carbocycles. The maximum atomic E-state index is 13.4. The fourth-order valence-electron chi connectivity index (χ4n) is 3.60. The third-order valence-electron chi connectivity index (χ3n) is 5.37. The van der Waals surface area contributed by atoms with E-state index in [1.165, 1.54) is 19.2 Å². The van der Waals surface area contributed by atoms with Crippen molar-refractivity contribution >= 4 is 33.2 Å². The highest BCUT2D eigenvalue weighted by atomic mass is 32.2. The van der Waals surface area contributed by atoms with E-state index < -0.39 is 62.3 Å². The fraction of sp³-hybridized carbons (Fsp3) is 0.440. The summed E-state index contributed by atoms with van der Waals surface area (Å²) < 4.78 is 78.0. The Morgan fingerprint density at radius 2 is 1.79 bits per heavy atom. The lowest BCUT2D eigenvalue weighted by Gasteiger charge is -2.27. The normalized spacial score (nSPS) is 12.4. The molecule has 3 aromatic heterocycles. The van der Waals surface area contributed by atoms with Crippen molar-refractivity contribution in [3.8, 4) is 0 Å². The number of hydrogen-bond acceptors (Lipinski definition) is 8. The zero-order valence-corrected chi connectivity index (χ0v) is 23.1. The van der Waals surface area contributed by atoms with Crippen LogP contribution in [0, 0.1) is 6.92 Å². The number of nitrogens with zero attached hydrogens (tertiary/aromatic N) is 4. The Hall–Kier alpha value is -3.68. The van der Waals surface area contributed by atoms with Gasteiger partial charge in [0.2, 0.25) is 0 Å². The minimum Gasteiger partial charge on any atom is -0.462 e. The number of alkyl halides is 3. The molecule has 0 atom stereocenters. The lowest BCUT2D eigenvalue weighted by molar-refractivity contribution is -0.137. The maximum Gasteiger partial charge on any atom is 0.417 e. The van der Waals surface area contributed by atoms with Crippen LogP contribution in [0.25, 0.3) is 5.52 Å². The molecule has 0 N–H and O–H groups in total. The van der Waals surface area contributed by atoms with E-state index in [-0.39, 0.29) is 23.4 Å². The number of hydrogen-bond donors (Lipinski definition) is 0. The molecular weight excluding hydrogens is 541 g/mol. The highest BCUT2D eigenvalue weighted by molar-refractivity contribution is 7.91. The number of sulfone groups is 1. The first-order chi connectivity index (χ1) is 18.0. The summed E-state index contributed by atoms with van der Waals surface area (Å²) in [5.74, 6) is -1.62. The molecule has 0 aliphatic rings. The lowest BCUT2D eigenvalue weighted by atomic mass is 10.1. The molecule has 0 spiro atoms. The van der Waals surface area contributed by atoms with Crippen LogP contribution in [-0.4, -0.2) is 53.0 Å². The predicted octanol–water partition coefficient (Wildman–Crippen LogP) is 4.97. The Labute approximate surface area is 223 Å². The third-order valence-corrected chi connectivity index (χ3v) is 7.14. The van der Waals surface area contributed by atoms with Gasteiger partial charge in [0, 0.05) is 12.4 Å². The van der Waals surface area contributed by atoms with Crippen molar-refractivity contribution in [2.24, 2.45) is 0 Å². The van der Waals surface area contributed by atoms with Gasteiger partial charge in [-0.25, -0.2) is 22.5 Å². The Morgan fingerprint density at radius 1 is 1.13 bits per heavy atom. The molecule has 0 unspecified atom stereocenters. The lowest BCUT2D eigenvalue weighted by Crippen LogP contribution is -2.38. The van der Waals surface area contributed by atoms with Crippen molar-refractivity contribution in [1.29, 1.82) is 0 Å². The van der Waals surface area contributed by atoms with Gasteiger partial charge in [-0.3, -0.25) is 9.88 Å². The average Bonchev–Trinajstić information content (AvgIpc) is 3.20. The first kappa shape index (κ1) is 29.9. The van der Waals surface area contributed by atoms with Gasteiger partial charge in [0.05, 0.1) is 41.2 Å². The van der Waals surface area contributed by atoms with Crippen molar-refractivity contribution in [2.75, 3.05) is 17.3 Å². The number of fused-ring (bicyclic) bond motifs is 1. The molecule has 1 amide bonds. The van der Waals surface area contributed by atoms with Gasteiger partial charge in [0.15, 0.2) is 15.7 Å². The summed E-state index contributed by atoms with van der Waals surface area (Å²) in [6.07, 6.45) is -3.70. The van der Waals surface area contributed by atoms with Crippen molar-refractivity contribution in [1.82, 2.24) is 14.6 Å². The van der Waals surface area contributed by atoms with Crippen molar-refractivity contribution in [2.45, 2.75) is 64.8 Å². The maximum absolute atomic E-state index is 13.4. The number of rotatable bonds is 7. The molecule has 0 bridgehead atoms. The number of carbonyl (C=O) groups is 2. The number of aryl methyl sites for hydroxylation is 1. The molecule has 14 heteroatoms. The summed E-state index contributed by atoms with van der Waals surface area (Å²) in [4.78, 5) is 30.7. The second kappa shape index (κ2) is 10.8. The summed E-state index contributed by atoms with van der Waals surface area (Å²) in [6.45, 7) is 8.98. The molecule has 39 heavy (non-hydrogen) atoms. The number of halogens is 3. The number of aromatic nitrogens is 3. The molecule has 3 rings (SSSR count). The van der Waals surface area contributed by atoms with Crippen molar-refractivity contribution in [3.05, 3.63) is 53.0 Å². The minimum absolute atomic E-state index is 0.0217. The quantitative estimate of drug-likeness (QED) is 0.365. The molecule has 0 aliphatic heterocycles. The third kappa shape index (κ3) is 6.67. The number of pyridine rings is 2. The van der Waals surface area contributed by atoms with Crippen LogP contribution in [0.3, 0.4) is 0 Å². The zero-order chi connectivity index (χ0) is 29.3. The van der Waals surface area contributed by atoms with Gasteiger partial charge in [-0.15, -0.1) is 5.10 Å². The SMILES string of the molecule is CCOC(=O)c1cc(C)cnc1CN(C(=O)OC(C)(C)C)c1nn2cc(C(F)(F)F)ccc2c1S(=O)(=O)CC. The summed E-state index contributed by atoms with van der Waals surface area (Å²) in [5.41, 5.74) is -1.60. The van der Waals surface area contributed by atoms with E-state index in [1.54, 1.807) is 34.6 Å². The Kier molecular flexibility index (Phi) is 8.29. The van der Waals surface area contributed by atoms with Gasteiger partial charge >= 0.3 is 18.2 Å². The molecule has 212 valence electrons. The van der Waals surface area contributed by atoms with Crippen LogP contribution in [0.5, 0.6) is 0 Å². The molecule has 3 aromatic rings. The summed E-state index contributed by atoms with van der Waals surface area (Å²) in [5, 5.41) is 4.10. The minimum atomic E-state index is -4.73. The van der Waals surface area contributed by atoms with E-state index >= 15 is 0 Å². The first-order valence-electron chi connectivity index (χ1n) is 11.9. The second-order valence-corrected chi connectivity index (χ2v) is 11.8. The predicted molar refractivity (Wildman–Crippen MR) is 135 cm³/mol. The second-order valence-electron chi connectivity index (χ2n) is 9.60. The molecule has 0 fully saturated rings. The van der Waals surface area contributed by atoms with Gasteiger partial charge in [-0.05, 0) is 58.4 Å². The largest absolute Gasteiger partial charge is 0.462 e. The molecule has 0 aromatic carbocycles. The van der Waals surface area contributed by atoms with Crippen LogP contribution >= 0.6 is 0 Å². The summed E-state index contributed by atoms with van der Waals surface area (Å²) in [6, 6.07) is 3.20. The molecule has 0 radical (unpaired) electrons. The molecule has 0 saturated heterocycles. The first-order valence-corrected chi connectivity index (χ1v) is 13.6. The summed E-state index contributed by atoms with van der Waals surface area (Å²) >= 11 is 0. The van der Waals surface area contributed by atoms with Crippen molar-refractivity contribution in [3.63, 3.8) is 0 Å². The van der Waals surface area contributed by atoms with Gasteiger partial charge in [-0.1, -0.05) is 6.92 Å². The highest BCUT2D eigenvalue weighted by Gasteiger charge is 2.36. The van der Waals surface area contributed by atoms with E-state index in [1.807, 2.05) is 0 Å². The monoisotopic (exact) mass is 570 g/mol. The smallest absolute Gasteiger partial charge is 0.417 e. The topological polar surface area (TPSA) is 120 Å². The summed E-state index contributed by atoms with van der Waals surface area (Å²) in [7, 11) is -4.14. The van der Waals surface area contributed by atoms with E-state index in [0.717, 1.165) is 21.5 Å². The van der Waals surface area contributed by atoms with E-state index in [0.29, 0.717) is 11.8 Å². The standard InChI is InChI=1S/C25H29F3N4O6S/c1-7-37-22(33)17-11-15(3)12-29-18(17)14-31(23(34)38-24(4,5)6)21-20(39(35,36)8-2)19-10-9-16(25(26,27)28)13-32(19)30-21/h9-13H,7-8,14H2,1-6H3. The average molecular weight is 571 g/mol. The van der Waals surface area contributed by atoms with Gasteiger partial charge < -0.3 is 9.47 Å². The fourth-order valence-corrected chi connectivity index (χ4v) is 4.80. The van der Waals surface area contributed by atoms with Crippen LogP contribution in [0.15, 0.2) is 35.5 Å². The molecule has 3 heterocycles. The van der Waals surface area contributed by atoms with Crippen molar-refractivity contribution < 1.29 is 40.7 Å². The number of ether oxygens (including phenoxy) is 2. The van der Waals surface area contributed by atoms with Gasteiger partial charge in [-0.2, -0.15) is 13.2 Å². The number of anilines is 1. The van der Waals surface area contributed by atoms with Gasteiger partial charge in [0.25, 0.3) is 0 Å². The number of carbonyl (C=O) groups excluding carboxylic acids is 2. The Bertz CT molecular complexity index is 1510. The molecule has 0 aliphatic carbocycles. The number of esters is 1. The highest BCUT2D eigenvalue weighted by Crippen LogP contribution is 2.35. The number of amides is 1. The van der Waals surface area contributed by atoms with Crippen LogP contribution in [0.1, 0.15) is 61.8 Å². The Balaban J connectivity index is 2.32. The molecule has 10 nitrogen and oxygen atoms in total. The van der Waals surface area contributed by atoms with E-state index in [9.17, 15) is 31.2 Å². The zero-order valence-electron chi connectivity index (χ0n) is 22.3. The van der Waals surface area contributed by atoms with Gasteiger partial charge in [0.1, 0.15) is 10.5 Å². The van der Waals surface area contributed by atoms with Crippen LogP contribution in [0.4, 0.5) is 23.8 Å². The Morgan fingerprint density at radius 3 is 2.36 bits per heavy atom. The van der Waals surface area contributed by atoms with E-state index in [4.69, 9.17) is 9.47 Å². The van der Waals surface area contributed by atoms with E-state index in [2.05, 4.69) is 10.1 Å². The van der Waals surface area contributed by atoms with Crippen LogP contribution in [-0.2, 0) is 32.0 Å². The van der Waals surface area contributed by atoms with Crippen LogP contribution < -0.4 is 4.90 Å². The molecular formula is C25H29F3N4O6S.